The summed E-state index contributed by atoms with van der Waals surface area (Å²) in [6.45, 7) is 0. The number of carbonyl (C=O) groups excluding carboxylic acids is 3. The minimum Gasteiger partial charge on any atom is -0.308 e. The van der Waals surface area contributed by atoms with Crippen LogP contribution in [0.25, 0.3) is 0 Å². The van der Waals surface area contributed by atoms with Gasteiger partial charge in [-0.05, 0) is 42.5 Å². The van der Waals surface area contributed by atoms with Crippen molar-refractivity contribution in [2.45, 2.75) is 0 Å². The van der Waals surface area contributed by atoms with E-state index in [1.807, 2.05) is 0 Å². The number of amides is 2. The summed E-state index contributed by atoms with van der Waals surface area (Å²) in [6.07, 6.45) is 0. The molecule has 0 spiro atoms. The van der Waals surface area contributed by atoms with Gasteiger partial charge in [0, 0.05) is 38.7 Å². The Labute approximate surface area is 160 Å². The molecule has 0 saturated heterocycles. The first-order valence-corrected chi connectivity index (χ1v) is 8.57. The van der Waals surface area contributed by atoms with Crippen LogP contribution in [0.15, 0.2) is 66.7 Å². The Bertz CT molecular complexity index is 1090. The summed E-state index contributed by atoms with van der Waals surface area (Å²) >= 11 is 5.82. The van der Waals surface area contributed by atoms with Crippen molar-refractivity contribution in [1.82, 2.24) is 0 Å². The van der Waals surface area contributed by atoms with Crippen LogP contribution in [0.3, 0.4) is 0 Å². The molecule has 1 aliphatic rings. The van der Waals surface area contributed by atoms with Gasteiger partial charge in [0.1, 0.15) is 0 Å². The molecule has 0 bridgehead atoms. The van der Waals surface area contributed by atoms with E-state index in [0.717, 1.165) is 0 Å². The molecule has 3 aromatic rings. The van der Waals surface area contributed by atoms with Crippen LogP contribution in [0.1, 0.15) is 31.8 Å². The molecule has 4 rings (SSSR count). The lowest BCUT2D eigenvalue weighted by Crippen LogP contribution is -2.22. The quantitative estimate of drug-likeness (QED) is 0.529. The summed E-state index contributed by atoms with van der Waals surface area (Å²) in [6, 6.07) is 17.6. The zero-order valence-electron chi connectivity index (χ0n) is 14.0. The van der Waals surface area contributed by atoms with Crippen molar-refractivity contribution in [2.24, 2.45) is 0 Å². The summed E-state index contributed by atoms with van der Waals surface area (Å²) < 4.78 is 0. The molecule has 0 radical (unpaired) electrons. The van der Waals surface area contributed by atoms with Gasteiger partial charge in [0.15, 0.2) is 11.6 Å². The Hall–Kier alpha value is -3.44. The summed E-state index contributed by atoms with van der Waals surface area (Å²) in [7, 11) is 0. The fourth-order valence-electron chi connectivity index (χ4n) is 3.00. The molecule has 5 nitrogen and oxygen atoms in total. The highest BCUT2D eigenvalue weighted by Crippen LogP contribution is 2.29. The molecule has 132 valence electrons. The van der Waals surface area contributed by atoms with Gasteiger partial charge in [-0.3, -0.25) is 9.59 Å². The largest absolute Gasteiger partial charge is 0.323 e. The first-order chi connectivity index (χ1) is 13.0. The second kappa shape index (κ2) is 6.70. The van der Waals surface area contributed by atoms with Crippen LogP contribution in [0.2, 0.25) is 5.02 Å². The maximum absolute atomic E-state index is 12.7. The minimum atomic E-state index is -0.466. The number of halogens is 1. The molecule has 3 aromatic carbocycles. The molecule has 27 heavy (non-hydrogen) atoms. The van der Waals surface area contributed by atoms with Crippen molar-refractivity contribution in [3.63, 3.8) is 0 Å². The number of carbonyl (C=O) groups is 3. The van der Waals surface area contributed by atoms with Gasteiger partial charge in [0.05, 0.1) is 0 Å². The number of hydrogen-bond donors (Lipinski definition) is 2. The second-order valence-corrected chi connectivity index (χ2v) is 6.49. The van der Waals surface area contributed by atoms with Crippen molar-refractivity contribution in [3.8, 4) is 0 Å². The molecule has 0 atom stereocenters. The average molecular weight is 377 g/mol. The van der Waals surface area contributed by atoms with E-state index in [2.05, 4.69) is 10.6 Å². The van der Waals surface area contributed by atoms with E-state index < -0.39 is 6.03 Å². The Morgan fingerprint density at radius 3 is 1.85 bits per heavy atom. The van der Waals surface area contributed by atoms with E-state index in [9.17, 15) is 14.4 Å². The maximum Gasteiger partial charge on any atom is 0.323 e. The highest BCUT2D eigenvalue weighted by Gasteiger charge is 2.29. The highest BCUT2D eigenvalue weighted by atomic mass is 35.5. The number of anilines is 2. The Morgan fingerprint density at radius 2 is 1.19 bits per heavy atom. The fraction of sp³-hybridized carbons (Fsp3) is 0. The summed E-state index contributed by atoms with van der Waals surface area (Å²) in [5.74, 6) is -0.431. The number of nitrogens with one attached hydrogen (secondary N) is 2. The van der Waals surface area contributed by atoms with Crippen LogP contribution in [-0.4, -0.2) is 17.6 Å². The van der Waals surface area contributed by atoms with Crippen LogP contribution >= 0.6 is 11.6 Å². The van der Waals surface area contributed by atoms with Gasteiger partial charge < -0.3 is 10.6 Å². The van der Waals surface area contributed by atoms with E-state index in [4.69, 9.17) is 11.6 Å². The third kappa shape index (κ3) is 3.20. The third-order valence-electron chi connectivity index (χ3n) is 4.29. The molecule has 0 aliphatic heterocycles. The van der Waals surface area contributed by atoms with Crippen LogP contribution in [0, 0.1) is 0 Å². The molecule has 0 fully saturated rings. The van der Waals surface area contributed by atoms with Gasteiger partial charge in [-0.15, -0.1) is 0 Å². The maximum atomic E-state index is 12.7. The van der Waals surface area contributed by atoms with Gasteiger partial charge in [-0.25, -0.2) is 4.79 Å². The monoisotopic (exact) mass is 376 g/mol. The standard InChI is InChI=1S/C21H13ClN2O3/c22-12-5-7-13(8-6-12)23-21(27)24-14-9-10-17-18(11-14)20(26)16-4-2-1-3-15(16)19(17)25/h1-11H,(H2,23,24,27). The van der Waals surface area contributed by atoms with Gasteiger partial charge in [-0.2, -0.15) is 0 Å². The zero-order valence-corrected chi connectivity index (χ0v) is 14.7. The Kier molecular flexibility index (Phi) is 4.22. The number of rotatable bonds is 2. The molecule has 0 heterocycles. The predicted molar refractivity (Wildman–Crippen MR) is 104 cm³/mol. The van der Waals surface area contributed by atoms with Gasteiger partial charge in [-0.1, -0.05) is 35.9 Å². The molecule has 0 aromatic heterocycles. The SMILES string of the molecule is O=C(Nc1ccc(Cl)cc1)Nc1ccc2c(c1)C(=O)c1ccccc1C2=O. The van der Waals surface area contributed by atoms with E-state index in [0.29, 0.717) is 33.1 Å². The molecule has 2 amide bonds. The van der Waals surface area contributed by atoms with Gasteiger partial charge in [0.25, 0.3) is 0 Å². The van der Waals surface area contributed by atoms with Crippen molar-refractivity contribution >= 4 is 40.6 Å². The van der Waals surface area contributed by atoms with E-state index in [1.165, 1.54) is 6.07 Å². The lowest BCUT2D eigenvalue weighted by Gasteiger charge is -2.18. The summed E-state index contributed by atoms with van der Waals surface area (Å²) in [5, 5.41) is 5.91. The second-order valence-electron chi connectivity index (χ2n) is 6.05. The van der Waals surface area contributed by atoms with Gasteiger partial charge >= 0.3 is 6.03 Å². The van der Waals surface area contributed by atoms with Crippen LogP contribution in [0.4, 0.5) is 16.2 Å². The van der Waals surface area contributed by atoms with Crippen molar-refractivity contribution in [1.29, 1.82) is 0 Å². The van der Waals surface area contributed by atoms with Crippen LogP contribution in [0.5, 0.6) is 0 Å². The number of urea groups is 1. The highest BCUT2D eigenvalue weighted by molar-refractivity contribution is 6.30. The molecule has 1 aliphatic carbocycles. The predicted octanol–water partition coefficient (Wildman–Crippen LogP) is 4.76. The van der Waals surface area contributed by atoms with Crippen molar-refractivity contribution < 1.29 is 14.4 Å². The van der Waals surface area contributed by atoms with E-state index in [-0.39, 0.29) is 17.1 Å². The normalized spacial score (nSPS) is 12.2. The molecule has 2 N–H and O–H groups in total. The number of ketones is 2. The third-order valence-corrected chi connectivity index (χ3v) is 4.54. The molecule has 6 heteroatoms. The van der Waals surface area contributed by atoms with Crippen molar-refractivity contribution in [3.05, 3.63) is 94.0 Å². The van der Waals surface area contributed by atoms with E-state index >= 15 is 0 Å². The molecular formula is C21H13ClN2O3. The van der Waals surface area contributed by atoms with Crippen LogP contribution in [-0.2, 0) is 0 Å². The lowest BCUT2D eigenvalue weighted by atomic mass is 9.84. The van der Waals surface area contributed by atoms with E-state index in [1.54, 1.807) is 60.7 Å². The Morgan fingerprint density at radius 1 is 0.667 bits per heavy atom. The lowest BCUT2D eigenvalue weighted by molar-refractivity contribution is 0.0979. The van der Waals surface area contributed by atoms with Crippen LogP contribution < -0.4 is 10.6 Å². The summed E-state index contributed by atoms with van der Waals surface area (Å²) in [4.78, 5) is 37.5. The topological polar surface area (TPSA) is 75.3 Å². The first-order valence-electron chi connectivity index (χ1n) is 8.19. The number of fused-ring (bicyclic) bond motifs is 2. The zero-order chi connectivity index (χ0) is 19.0. The molecule has 0 unspecified atom stereocenters. The average Bonchev–Trinajstić information content (AvgIpc) is 2.68. The minimum absolute atomic E-state index is 0.197. The summed E-state index contributed by atoms with van der Waals surface area (Å²) in [5.41, 5.74) is 2.38. The fourth-order valence-corrected chi connectivity index (χ4v) is 3.13. The van der Waals surface area contributed by atoms with Gasteiger partial charge in [0.2, 0.25) is 0 Å². The van der Waals surface area contributed by atoms with Crippen molar-refractivity contribution in [2.75, 3.05) is 10.6 Å². The molecule has 0 saturated carbocycles. The smallest absolute Gasteiger partial charge is 0.308 e. The number of benzene rings is 3. The molecular weight excluding hydrogens is 364 g/mol. The Balaban J connectivity index is 1.58. The first kappa shape index (κ1) is 17.0. The number of hydrogen-bond acceptors (Lipinski definition) is 3.